The maximum atomic E-state index is 13.5. The second-order valence-corrected chi connectivity index (χ2v) is 10.9. The molecular weight excluding hydrogens is 549 g/mol. The molecule has 0 fully saturated rings. The molecule has 0 aliphatic heterocycles. The van der Waals surface area contributed by atoms with Crippen LogP contribution < -0.4 is 10.0 Å². The van der Waals surface area contributed by atoms with Crippen molar-refractivity contribution in [3.8, 4) is 0 Å². The Morgan fingerprint density at radius 3 is 2.32 bits per heavy atom. The summed E-state index contributed by atoms with van der Waals surface area (Å²) in [6.45, 7) is 1.48. The average molecular weight is 572 g/mol. The van der Waals surface area contributed by atoms with Gasteiger partial charge in [0.2, 0.25) is 5.91 Å². The number of sulfonamides is 1. The lowest BCUT2D eigenvalue weighted by Crippen LogP contribution is -2.30. The van der Waals surface area contributed by atoms with E-state index >= 15 is 0 Å². The van der Waals surface area contributed by atoms with Gasteiger partial charge in [-0.05, 0) is 72.3 Å². The third-order valence-corrected chi connectivity index (χ3v) is 7.42. The fourth-order valence-electron chi connectivity index (χ4n) is 3.72. The third-order valence-electron chi connectivity index (χ3n) is 5.48. The highest BCUT2D eigenvalue weighted by molar-refractivity contribution is 7.92. The quantitative estimate of drug-likeness (QED) is 0.249. The summed E-state index contributed by atoms with van der Waals surface area (Å²) in [5.74, 6) is -0.0989. The van der Waals surface area contributed by atoms with Gasteiger partial charge >= 0.3 is 0 Å². The van der Waals surface area contributed by atoms with Gasteiger partial charge in [-0.2, -0.15) is 0 Å². The van der Waals surface area contributed by atoms with E-state index in [1.165, 1.54) is 48.4 Å². The van der Waals surface area contributed by atoms with Crippen LogP contribution in [0.15, 0.2) is 94.4 Å². The summed E-state index contributed by atoms with van der Waals surface area (Å²) < 4.78 is 34.4. The minimum absolute atomic E-state index is 0.00460. The van der Waals surface area contributed by atoms with Crippen molar-refractivity contribution < 1.29 is 22.4 Å². The zero-order valence-corrected chi connectivity index (χ0v) is 22.5. The van der Waals surface area contributed by atoms with Crippen molar-refractivity contribution in [1.82, 2.24) is 4.90 Å². The highest BCUT2D eigenvalue weighted by Gasteiger charge is 2.23. The smallest absolute Gasteiger partial charge is 0.261 e. The van der Waals surface area contributed by atoms with Gasteiger partial charge in [0.15, 0.2) is 0 Å². The molecule has 4 aromatic rings. The molecule has 0 unspecified atom stereocenters. The largest absolute Gasteiger partial charge is 0.467 e. The lowest BCUT2D eigenvalue weighted by atomic mass is 10.1. The Morgan fingerprint density at radius 1 is 0.921 bits per heavy atom. The summed E-state index contributed by atoms with van der Waals surface area (Å²) in [4.78, 5) is 26.2. The Balaban J connectivity index is 1.65. The fraction of sp³-hybridized carbons (Fsp3) is 0.111. The van der Waals surface area contributed by atoms with Gasteiger partial charge in [-0.15, -0.1) is 0 Å². The number of amides is 2. The first-order valence-corrected chi connectivity index (χ1v) is 13.6. The van der Waals surface area contributed by atoms with E-state index in [1.807, 2.05) is 0 Å². The minimum Gasteiger partial charge on any atom is -0.467 e. The molecule has 0 aliphatic carbocycles. The van der Waals surface area contributed by atoms with Gasteiger partial charge in [0.05, 0.1) is 34.0 Å². The van der Waals surface area contributed by atoms with Crippen LogP contribution in [0.4, 0.5) is 11.4 Å². The van der Waals surface area contributed by atoms with Crippen molar-refractivity contribution in [3.05, 3.63) is 112 Å². The number of rotatable bonds is 9. The molecular formula is C27H23Cl2N3O5S. The number of nitrogens with one attached hydrogen (secondary N) is 2. The van der Waals surface area contributed by atoms with Gasteiger partial charge < -0.3 is 14.6 Å². The number of carbonyl (C=O) groups excluding carboxylic acids is 2. The number of nitrogens with zero attached hydrogens (tertiary/aromatic N) is 1. The Labute approximate surface area is 230 Å². The molecule has 0 radical (unpaired) electrons. The van der Waals surface area contributed by atoms with Gasteiger partial charge in [0.1, 0.15) is 5.76 Å². The van der Waals surface area contributed by atoms with Crippen LogP contribution in [-0.2, 0) is 27.9 Å². The van der Waals surface area contributed by atoms with E-state index in [9.17, 15) is 18.0 Å². The van der Waals surface area contributed by atoms with Crippen LogP contribution in [0.3, 0.4) is 0 Å². The highest BCUT2D eigenvalue weighted by Crippen LogP contribution is 2.28. The SMILES string of the molecule is CC(=O)Nc1ccc(S(=O)(=O)Nc2ccc(Cl)cc2CN(Cc2ccco2)C(=O)c2ccccc2Cl)cc1. The van der Waals surface area contributed by atoms with Gasteiger partial charge in [0.25, 0.3) is 15.9 Å². The molecule has 8 nitrogen and oxygen atoms in total. The predicted molar refractivity (Wildman–Crippen MR) is 147 cm³/mol. The van der Waals surface area contributed by atoms with E-state index in [0.717, 1.165) is 0 Å². The standard InChI is InChI=1S/C27H23Cl2N3O5S/c1-18(33)30-21-9-11-23(12-10-21)38(35,36)31-26-13-8-20(28)15-19(26)16-32(17-22-5-4-14-37-22)27(34)24-6-2-3-7-25(24)29/h2-15,31H,16-17H2,1H3,(H,30,33). The van der Waals surface area contributed by atoms with E-state index < -0.39 is 10.0 Å². The molecule has 11 heteroatoms. The number of anilines is 2. The molecule has 0 spiro atoms. The lowest BCUT2D eigenvalue weighted by Gasteiger charge is -2.24. The molecule has 2 amide bonds. The lowest BCUT2D eigenvalue weighted by molar-refractivity contribution is -0.114. The molecule has 0 bridgehead atoms. The molecule has 1 heterocycles. The number of hydrogen-bond donors (Lipinski definition) is 2. The first-order chi connectivity index (χ1) is 18.1. The number of furan rings is 1. The molecule has 0 aliphatic rings. The molecule has 0 saturated carbocycles. The van der Waals surface area contributed by atoms with Gasteiger partial charge in [-0.25, -0.2) is 8.42 Å². The van der Waals surface area contributed by atoms with Gasteiger partial charge in [0, 0.05) is 24.2 Å². The first kappa shape index (κ1) is 27.3. The first-order valence-electron chi connectivity index (χ1n) is 11.4. The topological polar surface area (TPSA) is 109 Å². The van der Waals surface area contributed by atoms with Crippen LogP contribution in [0.25, 0.3) is 0 Å². The second kappa shape index (κ2) is 11.7. The van der Waals surface area contributed by atoms with Crippen molar-refractivity contribution in [3.63, 3.8) is 0 Å². The predicted octanol–water partition coefficient (Wildman–Crippen LogP) is 6.19. The summed E-state index contributed by atoms with van der Waals surface area (Å²) in [6.07, 6.45) is 1.50. The number of carbonyl (C=O) groups is 2. The van der Waals surface area contributed by atoms with E-state index in [1.54, 1.807) is 48.5 Å². The van der Waals surface area contributed by atoms with Crippen LogP contribution in [0.1, 0.15) is 28.6 Å². The Morgan fingerprint density at radius 2 is 1.66 bits per heavy atom. The molecule has 4 rings (SSSR count). The van der Waals surface area contributed by atoms with Crippen LogP contribution in [-0.4, -0.2) is 25.1 Å². The number of hydrogen-bond acceptors (Lipinski definition) is 5. The second-order valence-electron chi connectivity index (χ2n) is 8.33. The van der Waals surface area contributed by atoms with Crippen molar-refractivity contribution in [1.29, 1.82) is 0 Å². The molecule has 2 N–H and O–H groups in total. The fourth-order valence-corrected chi connectivity index (χ4v) is 5.23. The van der Waals surface area contributed by atoms with Gasteiger partial charge in [-0.3, -0.25) is 14.3 Å². The third kappa shape index (κ3) is 6.74. The van der Waals surface area contributed by atoms with E-state index in [-0.39, 0.29) is 40.5 Å². The van der Waals surface area contributed by atoms with Crippen molar-refractivity contribution in [2.75, 3.05) is 10.0 Å². The summed E-state index contributed by atoms with van der Waals surface area (Å²) >= 11 is 12.5. The van der Waals surface area contributed by atoms with E-state index in [0.29, 0.717) is 27.6 Å². The average Bonchev–Trinajstić information content (AvgIpc) is 3.38. The maximum Gasteiger partial charge on any atom is 0.261 e. The molecule has 0 saturated heterocycles. The van der Waals surface area contributed by atoms with Crippen molar-refractivity contribution in [2.45, 2.75) is 24.9 Å². The molecule has 3 aromatic carbocycles. The normalized spacial score (nSPS) is 11.1. The minimum atomic E-state index is -4.01. The number of halogens is 2. The van der Waals surface area contributed by atoms with E-state index in [2.05, 4.69) is 10.0 Å². The zero-order chi connectivity index (χ0) is 27.3. The van der Waals surface area contributed by atoms with Crippen LogP contribution in [0.5, 0.6) is 0 Å². The monoisotopic (exact) mass is 571 g/mol. The molecule has 0 atom stereocenters. The maximum absolute atomic E-state index is 13.5. The summed E-state index contributed by atoms with van der Waals surface area (Å²) in [5, 5.41) is 3.25. The van der Waals surface area contributed by atoms with Crippen LogP contribution in [0.2, 0.25) is 10.0 Å². The van der Waals surface area contributed by atoms with E-state index in [4.69, 9.17) is 27.6 Å². The van der Waals surface area contributed by atoms with Crippen molar-refractivity contribution in [2.24, 2.45) is 0 Å². The van der Waals surface area contributed by atoms with Crippen LogP contribution in [0, 0.1) is 0 Å². The zero-order valence-electron chi connectivity index (χ0n) is 20.1. The summed E-state index contributed by atoms with van der Waals surface area (Å²) in [6, 6.07) is 20.5. The number of benzene rings is 3. The van der Waals surface area contributed by atoms with Crippen LogP contribution >= 0.6 is 23.2 Å². The summed E-state index contributed by atoms with van der Waals surface area (Å²) in [5.41, 5.74) is 1.47. The summed E-state index contributed by atoms with van der Waals surface area (Å²) in [7, 11) is -4.01. The molecule has 196 valence electrons. The van der Waals surface area contributed by atoms with Crippen molar-refractivity contribution >= 4 is 56.4 Å². The molecule has 1 aromatic heterocycles. The van der Waals surface area contributed by atoms with Gasteiger partial charge in [-0.1, -0.05) is 35.3 Å². The molecule has 38 heavy (non-hydrogen) atoms. The highest BCUT2D eigenvalue weighted by atomic mass is 35.5. The Kier molecular flexibility index (Phi) is 8.41. The Bertz CT molecular complexity index is 1560. The Hall–Kier alpha value is -3.79.